The van der Waals surface area contributed by atoms with Crippen LogP contribution in [-0.4, -0.2) is 4.98 Å². The van der Waals surface area contributed by atoms with Gasteiger partial charge in [0, 0.05) is 43.0 Å². The Balaban J connectivity index is 1.35. The first kappa shape index (κ1) is 23.9. The normalized spacial score (nSPS) is 12.0. The van der Waals surface area contributed by atoms with E-state index in [1.54, 1.807) is 0 Å². The molecule has 0 radical (unpaired) electrons. The monoisotopic (exact) mass is 545 g/mol. The van der Waals surface area contributed by atoms with Gasteiger partial charge in [0.05, 0.1) is 11.2 Å². The molecule has 0 amide bonds. The highest BCUT2D eigenvalue weighted by molar-refractivity contribution is 7.85. The van der Waals surface area contributed by atoms with E-state index in [1.165, 1.54) is 0 Å². The van der Waals surface area contributed by atoms with Gasteiger partial charge in [-0.25, -0.2) is 4.98 Å². The molecule has 3 nitrogen and oxygen atoms in total. The smallest absolute Gasteiger partial charge is 0.171 e. The number of nitrogens with zero attached hydrogens (tertiary/aromatic N) is 1. The number of benzene rings is 6. The predicted molar refractivity (Wildman–Crippen MR) is 171 cm³/mol. The van der Waals surface area contributed by atoms with Crippen LogP contribution in [0.1, 0.15) is 0 Å². The Labute approximate surface area is 237 Å². The Bertz CT molecular complexity index is 2230. The Morgan fingerprint density at radius 2 is 1.05 bits per heavy atom. The minimum Gasteiger partial charge on any atom is -0.456 e. The largest absolute Gasteiger partial charge is 0.456 e. The number of fused-ring (bicyclic) bond motifs is 6. The van der Waals surface area contributed by atoms with Gasteiger partial charge in [-0.15, -0.1) is 0 Å². The summed E-state index contributed by atoms with van der Waals surface area (Å²) in [6.07, 6.45) is 0. The molecule has 0 aliphatic rings. The van der Waals surface area contributed by atoms with Crippen molar-refractivity contribution in [1.29, 1.82) is 0 Å². The number of hydrogen-bond acceptors (Lipinski definition) is 3. The first-order valence-electron chi connectivity index (χ1n) is 13.7. The maximum absolute atomic E-state index is 14.9. The van der Waals surface area contributed by atoms with E-state index in [0.717, 1.165) is 70.8 Å². The molecule has 8 rings (SSSR count). The van der Waals surface area contributed by atoms with Crippen molar-refractivity contribution >= 4 is 66.7 Å². The van der Waals surface area contributed by atoms with E-state index in [-0.39, 0.29) is 0 Å². The van der Waals surface area contributed by atoms with Crippen LogP contribution in [0.4, 0.5) is 0 Å². The summed E-state index contributed by atoms with van der Waals surface area (Å²) < 4.78 is 21.1. The molecule has 0 aliphatic carbocycles. The lowest BCUT2D eigenvalue weighted by Gasteiger charge is -2.20. The lowest BCUT2D eigenvalue weighted by Crippen LogP contribution is -2.24. The van der Waals surface area contributed by atoms with Crippen LogP contribution in [0, 0.1) is 0 Å². The highest BCUT2D eigenvalue weighted by atomic mass is 31.2. The maximum Gasteiger partial charge on any atom is 0.171 e. The van der Waals surface area contributed by atoms with Gasteiger partial charge in [-0.05, 0) is 29.7 Å². The van der Waals surface area contributed by atoms with Crippen molar-refractivity contribution in [2.75, 3.05) is 0 Å². The molecule has 0 saturated heterocycles. The number of aromatic nitrogens is 1. The Morgan fingerprint density at radius 3 is 1.76 bits per heavy atom. The number of rotatable bonds is 4. The summed E-state index contributed by atoms with van der Waals surface area (Å²) in [5.41, 5.74) is 4.49. The lowest BCUT2D eigenvalue weighted by molar-refractivity contribution is 0.592. The van der Waals surface area contributed by atoms with Crippen LogP contribution in [0.3, 0.4) is 0 Å². The van der Waals surface area contributed by atoms with Crippen LogP contribution in [0.2, 0.25) is 0 Å². The Hall–Kier alpha value is -4.98. The van der Waals surface area contributed by atoms with Gasteiger partial charge in [-0.1, -0.05) is 121 Å². The number of para-hydroxylation sites is 2. The molecule has 4 heteroatoms. The van der Waals surface area contributed by atoms with Crippen LogP contribution in [-0.2, 0) is 4.57 Å². The maximum atomic E-state index is 14.9. The molecule has 41 heavy (non-hydrogen) atoms. The van der Waals surface area contributed by atoms with Gasteiger partial charge in [0.25, 0.3) is 0 Å². The fourth-order valence-corrected chi connectivity index (χ4v) is 8.59. The highest BCUT2D eigenvalue weighted by Crippen LogP contribution is 2.43. The van der Waals surface area contributed by atoms with E-state index in [1.807, 2.05) is 109 Å². The molecule has 0 fully saturated rings. The van der Waals surface area contributed by atoms with Crippen molar-refractivity contribution in [3.8, 4) is 11.3 Å². The molecule has 2 heterocycles. The minimum atomic E-state index is -3.06. The summed E-state index contributed by atoms with van der Waals surface area (Å²) >= 11 is 0. The molecular weight excluding hydrogens is 521 g/mol. The first-order valence-corrected chi connectivity index (χ1v) is 15.4. The summed E-state index contributed by atoms with van der Waals surface area (Å²) in [6, 6.07) is 48.4. The first-order chi connectivity index (χ1) is 20.2. The van der Waals surface area contributed by atoms with Gasteiger partial charge in [0.15, 0.2) is 7.14 Å². The molecule has 0 aliphatic heterocycles. The van der Waals surface area contributed by atoms with Crippen molar-refractivity contribution in [3.63, 3.8) is 0 Å². The fraction of sp³-hybridized carbons (Fsp3) is 0. The molecule has 0 N–H and O–H groups in total. The Morgan fingerprint density at radius 1 is 0.463 bits per heavy atom. The van der Waals surface area contributed by atoms with E-state index >= 15 is 0 Å². The lowest BCUT2D eigenvalue weighted by atomic mass is 9.98. The topological polar surface area (TPSA) is 43.1 Å². The summed E-state index contributed by atoms with van der Waals surface area (Å²) in [5.74, 6) is 0. The molecular formula is C37H24NO2P. The van der Waals surface area contributed by atoms with Crippen molar-refractivity contribution in [2.45, 2.75) is 0 Å². The average Bonchev–Trinajstić information content (AvgIpc) is 3.41. The zero-order chi connectivity index (χ0) is 27.4. The van der Waals surface area contributed by atoms with Gasteiger partial charge in [0.1, 0.15) is 11.2 Å². The zero-order valence-corrected chi connectivity index (χ0v) is 23.0. The second-order valence-corrected chi connectivity index (χ2v) is 13.1. The number of hydrogen-bond donors (Lipinski definition) is 0. The van der Waals surface area contributed by atoms with Crippen molar-refractivity contribution in [3.05, 3.63) is 146 Å². The van der Waals surface area contributed by atoms with Gasteiger partial charge in [0.2, 0.25) is 0 Å². The molecule has 0 unspecified atom stereocenters. The Kier molecular flexibility index (Phi) is 5.41. The van der Waals surface area contributed by atoms with Crippen molar-refractivity contribution in [1.82, 2.24) is 4.98 Å². The van der Waals surface area contributed by atoms with E-state index in [0.29, 0.717) is 0 Å². The number of pyridine rings is 1. The van der Waals surface area contributed by atoms with Crippen molar-refractivity contribution in [2.24, 2.45) is 0 Å². The summed E-state index contributed by atoms with van der Waals surface area (Å²) in [4.78, 5) is 5.13. The molecule has 2 aromatic heterocycles. The van der Waals surface area contributed by atoms with E-state index < -0.39 is 7.14 Å². The average molecular weight is 546 g/mol. The van der Waals surface area contributed by atoms with Gasteiger partial charge in [-0.2, -0.15) is 0 Å². The van der Waals surface area contributed by atoms with E-state index in [4.69, 9.17) is 9.40 Å². The highest BCUT2D eigenvalue weighted by Gasteiger charge is 2.29. The molecule has 6 aromatic carbocycles. The molecule has 0 spiro atoms. The second-order valence-electron chi connectivity index (χ2n) is 10.3. The SMILES string of the molecule is O=P(c1ccccc1)(c1ccccc1)c1ccc(-c2nc3ccccc3c3cc4c(cc23)oc2ccccc24)cc1. The summed E-state index contributed by atoms with van der Waals surface area (Å²) in [6.45, 7) is 0. The van der Waals surface area contributed by atoms with Gasteiger partial charge < -0.3 is 8.98 Å². The predicted octanol–water partition coefficient (Wildman–Crippen LogP) is 8.59. The quantitative estimate of drug-likeness (QED) is 0.164. The van der Waals surface area contributed by atoms with E-state index in [9.17, 15) is 4.57 Å². The minimum absolute atomic E-state index is 0.795. The summed E-state index contributed by atoms with van der Waals surface area (Å²) in [5, 5.41) is 7.90. The fourth-order valence-electron chi connectivity index (χ4n) is 5.94. The zero-order valence-electron chi connectivity index (χ0n) is 22.1. The van der Waals surface area contributed by atoms with E-state index in [2.05, 4.69) is 36.4 Å². The third-order valence-electron chi connectivity index (χ3n) is 7.94. The van der Waals surface area contributed by atoms with Crippen LogP contribution in [0.15, 0.2) is 150 Å². The third-order valence-corrected chi connectivity index (χ3v) is 11.0. The van der Waals surface area contributed by atoms with Crippen LogP contribution < -0.4 is 15.9 Å². The molecule has 8 aromatic rings. The number of furan rings is 1. The standard InChI is InChI=1S/C37H24NO2P/c39-41(26-11-3-1-4-12-26,27-13-5-2-6-14-27)28-21-19-25(20-22-28)37-33-24-36-32(30-16-8-10-18-35(30)40-36)23-31(33)29-15-7-9-17-34(29)38-37/h1-24H. The van der Waals surface area contributed by atoms with Crippen molar-refractivity contribution < 1.29 is 8.98 Å². The third kappa shape index (κ3) is 3.74. The van der Waals surface area contributed by atoms with Gasteiger partial charge >= 0.3 is 0 Å². The summed E-state index contributed by atoms with van der Waals surface area (Å²) in [7, 11) is -3.06. The van der Waals surface area contributed by atoms with Crippen LogP contribution in [0.5, 0.6) is 0 Å². The molecule has 0 saturated carbocycles. The molecule has 0 atom stereocenters. The second kappa shape index (κ2) is 9.30. The van der Waals surface area contributed by atoms with Gasteiger partial charge in [-0.3, -0.25) is 0 Å². The van der Waals surface area contributed by atoms with Crippen LogP contribution >= 0.6 is 7.14 Å². The molecule has 0 bridgehead atoms. The molecule has 194 valence electrons. The van der Waals surface area contributed by atoms with Crippen LogP contribution in [0.25, 0.3) is 54.9 Å².